The summed E-state index contributed by atoms with van der Waals surface area (Å²) in [6.07, 6.45) is 6.58. The maximum atomic E-state index is 11.8. The maximum absolute atomic E-state index is 11.8. The lowest BCUT2D eigenvalue weighted by Gasteiger charge is -2.24. The number of hydrogen-bond donors (Lipinski definition) is 2. The molecule has 1 rings (SSSR count). The molecule has 17 heavy (non-hydrogen) atoms. The van der Waals surface area contributed by atoms with E-state index >= 15 is 0 Å². The molecular weight excluding hydrogens is 212 g/mol. The Bertz CT molecular complexity index is 239. The number of carbonyl (C=O) groups excluding carboxylic acids is 1. The van der Waals surface area contributed by atoms with Crippen molar-refractivity contribution in [1.29, 1.82) is 0 Å². The first-order chi connectivity index (χ1) is 7.92. The fraction of sp³-hybridized carbons (Fsp3) is 0.929. The van der Waals surface area contributed by atoms with E-state index < -0.39 is 0 Å². The van der Waals surface area contributed by atoms with E-state index in [1.165, 1.54) is 25.7 Å². The summed E-state index contributed by atoms with van der Waals surface area (Å²) < 4.78 is 0. The Balaban J connectivity index is 2.32. The highest BCUT2D eigenvalue weighted by Gasteiger charge is 2.25. The predicted molar refractivity (Wildman–Crippen MR) is 71.6 cm³/mol. The van der Waals surface area contributed by atoms with E-state index in [-0.39, 0.29) is 17.4 Å². The summed E-state index contributed by atoms with van der Waals surface area (Å²) >= 11 is 0. The monoisotopic (exact) mass is 240 g/mol. The number of nitrogens with one attached hydrogen (secondary N) is 1. The predicted octanol–water partition coefficient (Wildman–Crippen LogP) is 2.45. The van der Waals surface area contributed by atoms with Gasteiger partial charge in [0.05, 0.1) is 0 Å². The van der Waals surface area contributed by atoms with E-state index in [4.69, 9.17) is 5.73 Å². The van der Waals surface area contributed by atoms with Crippen LogP contribution in [0.3, 0.4) is 0 Å². The molecule has 1 aliphatic carbocycles. The number of carbonyl (C=O) groups is 1. The van der Waals surface area contributed by atoms with Crippen LogP contribution in [-0.4, -0.2) is 18.5 Å². The lowest BCUT2D eigenvalue weighted by atomic mass is 9.90. The van der Waals surface area contributed by atoms with Crippen LogP contribution >= 0.6 is 0 Å². The largest absolute Gasteiger partial charge is 0.352 e. The zero-order valence-corrected chi connectivity index (χ0v) is 11.6. The highest BCUT2D eigenvalue weighted by molar-refractivity contribution is 5.76. The van der Waals surface area contributed by atoms with E-state index in [1.54, 1.807) is 0 Å². The Morgan fingerprint density at radius 2 is 1.94 bits per heavy atom. The van der Waals surface area contributed by atoms with E-state index in [0.29, 0.717) is 18.9 Å². The van der Waals surface area contributed by atoms with E-state index in [0.717, 1.165) is 6.42 Å². The van der Waals surface area contributed by atoms with Gasteiger partial charge in [-0.05, 0) is 30.6 Å². The summed E-state index contributed by atoms with van der Waals surface area (Å²) in [5.74, 6) is 0.779. The van der Waals surface area contributed by atoms with Gasteiger partial charge in [-0.1, -0.05) is 33.6 Å². The molecule has 3 N–H and O–H groups in total. The van der Waals surface area contributed by atoms with Crippen LogP contribution in [0.15, 0.2) is 0 Å². The van der Waals surface area contributed by atoms with Gasteiger partial charge in [0.1, 0.15) is 0 Å². The smallest absolute Gasteiger partial charge is 0.220 e. The molecule has 0 bridgehead atoms. The lowest BCUT2D eigenvalue weighted by molar-refractivity contribution is -0.122. The first-order valence-electron chi connectivity index (χ1n) is 6.92. The minimum absolute atomic E-state index is 0.169. The van der Waals surface area contributed by atoms with Crippen molar-refractivity contribution in [2.75, 3.05) is 6.54 Å². The maximum Gasteiger partial charge on any atom is 0.220 e. The van der Waals surface area contributed by atoms with Gasteiger partial charge in [0.25, 0.3) is 0 Å². The van der Waals surface area contributed by atoms with Gasteiger partial charge >= 0.3 is 0 Å². The van der Waals surface area contributed by atoms with E-state index in [2.05, 4.69) is 26.1 Å². The van der Waals surface area contributed by atoms with Gasteiger partial charge in [0.15, 0.2) is 0 Å². The average Bonchev–Trinajstić information content (AvgIpc) is 2.75. The minimum Gasteiger partial charge on any atom is -0.352 e. The van der Waals surface area contributed by atoms with Crippen LogP contribution in [0.5, 0.6) is 0 Å². The fourth-order valence-corrected chi connectivity index (χ4v) is 2.50. The van der Waals surface area contributed by atoms with Gasteiger partial charge in [0.2, 0.25) is 5.91 Å². The average molecular weight is 240 g/mol. The van der Waals surface area contributed by atoms with Crippen molar-refractivity contribution in [3.8, 4) is 0 Å². The van der Waals surface area contributed by atoms with Crippen LogP contribution in [-0.2, 0) is 4.79 Å². The van der Waals surface area contributed by atoms with Crippen LogP contribution in [0.4, 0.5) is 0 Å². The normalized spacial score (nSPS) is 19.3. The third-order valence-electron chi connectivity index (χ3n) is 3.67. The van der Waals surface area contributed by atoms with Crippen molar-refractivity contribution in [3.63, 3.8) is 0 Å². The Kier molecular flexibility index (Phi) is 5.44. The fourth-order valence-electron chi connectivity index (χ4n) is 2.50. The number of nitrogens with two attached hydrogens (primary N) is 1. The Hall–Kier alpha value is -0.570. The second-order valence-electron chi connectivity index (χ2n) is 6.51. The molecule has 0 aromatic rings. The molecule has 0 aliphatic heterocycles. The molecule has 1 unspecified atom stereocenters. The molecule has 0 aromatic heterocycles. The molecule has 0 radical (unpaired) electrons. The Labute approximate surface area is 106 Å². The summed E-state index contributed by atoms with van der Waals surface area (Å²) in [6.45, 7) is 7.07. The van der Waals surface area contributed by atoms with Gasteiger partial charge in [-0.25, -0.2) is 0 Å². The molecule has 100 valence electrons. The van der Waals surface area contributed by atoms with Crippen LogP contribution in [0.1, 0.15) is 59.3 Å². The van der Waals surface area contributed by atoms with Crippen molar-refractivity contribution in [2.24, 2.45) is 17.1 Å². The number of rotatable bonds is 5. The van der Waals surface area contributed by atoms with E-state index in [1.807, 2.05) is 0 Å². The molecule has 1 saturated carbocycles. The van der Waals surface area contributed by atoms with Gasteiger partial charge < -0.3 is 11.1 Å². The SMILES string of the molecule is CC(C)(C)CCC(=O)NC(CN)C1CCCC1. The van der Waals surface area contributed by atoms with Crippen LogP contribution in [0.25, 0.3) is 0 Å². The zero-order valence-electron chi connectivity index (χ0n) is 11.6. The molecule has 1 fully saturated rings. The third kappa shape index (κ3) is 5.53. The summed E-state index contributed by atoms with van der Waals surface area (Å²) in [7, 11) is 0. The first kappa shape index (κ1) is 14.5. The molecule has 1 atom stereocenters. The van der Waals surface area contributed by atoms with E-state index in [9.17, 15) is 4.79 Å². The summed E-state index contributed by atoms with van der Waals surface area (Å²) in [6, 6.07) is 0.199. The molecule has 1 aliphatic rings. The highest BCUT2D eigenvalue weighted by Crippen LogP contribution is 2.27. The standard InChI is InChI=1S/C14H28N2O/c1-14(2,3)9-8-13(17)16-12(10-15)11-6-4-5-7-11/h11-12H,4-10,15H2,1-3H3,(H,16,17). The minimum atomic E-state index is 0.169. The second-order valence-corrected chi connectivity index (χ2v) is 6.51. The van der Waals surface area contributed by atoms with Crippen LogP contribution < -0.4 is 11.1 Å². The van der Waals surface area contributed by atoms with Gasteiger partial charge in [-0.15, -0.1) is 0 Å². The number of amides is 1. The molecule has 3 nitrogen and oxygen atoms in total. The highest BCUT2D eigenvalue weighted by atomic mass is 16.1. The summed E-state index contributed by atoms with van der Waals surface area (Å²) in [5, 5.41) is 3.12. The van der Waals surface area contributed by atoms with Crippen LogP contribution in [0.2, 0.25) is 0 Å². The van der Waals surface area contributed by atoms with Gasteiger partial charge in [-0.3, -0.25) is 4.79 Å². The topological polar surface area (TPSA) is 55.1 Å². The molecular formula is C14H28N2O. The molecule has 3 heteroatoms. The second kappa shape index (κ2) is 6.39. The molecule has 0 aromatic carbocycles. The van der Waals surface area contributed by atoms with Gasteiger partial charge in [0, 0.05) is 19.0 Å². The van der Waals surface area contributed by atoms with Gasteiger partial charge in [-0.2, -0.15) is 0 Å². The molecule has 0 spiro atoms. The summed E-state index contributed by atoms with van der Waals surface area (Å²) in [5.41, 5.74) is 5.99. The molecule has 0 saturated heterocycles. The van der Waals surface area contributed by atoms with Crippen molar-refractivity contribution in [3.05, 3.63) is 0 Å². The lowest BCUT2D eigenvalue weighted by Crippen LogP contribution is -2.44. The molecule has 1 amide bonds. The quantitative estimate of drug-likeness (QED) is 0.775. The summed E-state index contributed by atoms with van der Waals surface area (Å²) in [4.78, 5) is 11.8. The number of hydrogen-bond acceptors (Lipinski definition) is 2. The Morgan fingerprint density at radius 3 is 2.41 bits per heavy atom. The zero-order chi connectivity index (χ0) is 12.9. The van der Waals surface area contributed by atoms with Crippen molar-refractivity contribution < 1.29 is 4.79 Å². The Morgan fingerprint density at radius 1 is 1.35 bits per heavy atom. The van der Waals surface area contributed by atoms with Crippen LogP contribution in [0, 0.1) is 11.3 Å². The van der Waals surface area contributed by atoms with Crippen molar-refractivity contribution in [1.82, 2.24) is 5.32 Å². The third-order valence-corrected chi connectivity index (χ3v) is 3.67. The van der Waals surface area contributed by atoms with Crippen molar-refractivity contribution in [2.45, 2.75) is 65.3 Å². The molecule has 0 heterocycles. The van der Waals surface area contributed by atoms with Crippen molar-refractivity contribution >= 4 is 5.91 Å². The first-order valence-corrected chi connectivity index (χ1v) is 6.92.